The van der Waals surface area contributed by atoms with E-state index in [9.17, 15) is 19.8 Å². The summed E-state index contributed by atoms with van der Waals surface area (Å²) in [6.07, 6.45) is -4.65. The molecular formula is C8H12N2O7. The van der Waals surface area contributed by atoms with Crippen LogP contribution in [0.3, 0.4) is 0 Å². The Labute approximate surface area is 93.8 Å². The average molecular weight is 248 g/mol. The third-order valence-corrected chi connectivity index (χ3v) is 2.58. The van der Waals surface area contributed by atoms with Crippen molar-refractivity contribution < 1.29 is 24.6 Å². The highest BCUT2D eigenvalue weighted by atomic mass is 16.6. The van der Waals surface area contributed by atoms with Crippen LogP contribution in [-0.2, 0) is 4.74 Å². The van der Waals surface area contributed by atoms with Crippen LogP contribution >= 0.6 is 0 Å². The van der Waals surface area contributed by atoms with E-state index in [-0.39, 0.29) is 6.42 Å². The number of hydrogen-bond acceptors (Lipinski definition) is 7. The maximum atomic E-state index is 11.2. The van der Waals surface area contributed by atoms with Crippen molar-refractivity contribution in [2.75, 3.05) is 6.61 Å². The first kappa shape index (κ1) is 12.0. The van der Waals surface area contributed by atoms with Crippen LogP contribution in [0.25, 0.3) is 0 Å². The normalized spacial score (nSPS) is 33.8. The molecule has 2 heterocycles. The van der Waals surface area contributed by atoms with Crippen LogP contribution in [0.1, 0.15) is 12.6 Å². The first-order valence-corrected chi connectivity index (χ1v) is 4.97. The molecule has 1 aromatic heterocycles. The van der Waals surface area contributed by atoms with Gasteiger partial charge in [0.15, 0.2) is 6.23 Å². The summed E-state index contributed by atoms with van der Waals surface area (Å²) in [7, 11) is 0. The van der Waals surface area contributed by atoms with E-state index in [0.717, 1.165) is 0 Å². The molecular weight excluding hydrogens is 236 g/mol. The predicted molar refractivity (Wildman–Crippen MR) is 51.2 cm³/mol. The minimum absolute atomic E-state index is 0.127. The van der Waals surface area contributed by atoms with Gasteiger partial charge in [-0.3, -0.25) is 0 Å². The zero-order valence-electron chi connectivity index (χ0n) is 8.65. The van der Waals surface area contributed by atoms with Crippen LogP contribution in [0.4, 0.5) is 0 Å². The van der Waals surface area contributed by atoms with E-state index in [0.29, 0.717) is 4.74 Å². The van der Waals surface area contributed by atoms with Gasteiger partial charge in [0.2, 0.25) is 0 Å². The molecule has 1 aliphatic rings. The van der Waals surface area contributed by atoms with E-state index < -0.39 is 42.6 Å². The number of hydrogen-bond donors (Lipinski definition) is 4. The van der Waals surface area contributed by atoms with Gasteiger partial charge in [0, 0.05) is 6.42 Å². The maximum absolute atomic E-state index is 11.2. The maximum Gasteiger partial charge on any atom is 0.440 e. The quantitative estimate of drug-likeness (QED) is 0.441. The van der Waals surface area contributed by atoms with Gasteiger partial charge in [-0.25, -0.2) is 14.6 Å². The second-order valence-electron chi connectivity index (χ2n) is 3.74. The summed E-state index contributed by atoms with van der Waals surface area (Å²) in [4.78, 5) is 23.9. The summed E-state index contributed by atoms with van der Waals surface area (Å²) in [5, 5.41) is 27.9. The fourth-order valence-corrected chi connectivity index (χ4v) is 1.72. The number of nitrogens with zero attached hydrogens (tertiary/aromatic N) is 1. The molecule has 0 aromatic carbocycles. The molecule has 9 nitrogen and oxygen atoms in total. The molecule has 0 spiro atoms. The van der Waals surface area contributed by atoms with Gasteiger partial charge in [-0.2, -0.15) is 0 Å². The van der Waals surface area contributed by atoms with Crippen LogP contribution in [0.2, 0.25) is 0 Å². The van der Waals surface area contributed by atoms with E-state index in [2.05, 4.69) is 4.52 Å². The number of nitrogens with one attached hydrogen (secondary N) is 1. The highest BCUT2D eigenvalue weighted by Crippen LogP contribution is 2.26. The largest absolute Gasteiger partial charge is 0.440 e. The SMILES string of the molecule is O=c1[nH]c(=O)n(C2CC(O)C(O)C(CO)O2)o1. The average Bonchev–Trinajstić information content (AvgIpc) is 2.61. The second kappa shape index (κ2) is 4.45. The molecule has 4 atom stereocenters. The fourth-order valence-electron chi connectivity index (χ4n) is 1.72. The number of aromatic amines is 1. The summed E-state index contributed by atoms with van der Waals surface area (Å²) in [5.41, 5.74) is -0.819. The van der Waals surface area contributed by atoms with Crippen molar-refractivity contribution in [1.82, 2.24) is 9.72 Å². The standard InChI is InChI=1S/C8H12N2O7/c11-2-4-6(13)3(12)1-5(16-4)10-7(14)9-8(15)17-10/h3-6,11-13H,1-2H2,(H,9,14,15). The molecule has 1 aliphatic heterocycles. The first-order chi connectivity index (χ1) is 8.02. The molecule has 0 aliphatic carbocycles. The van der Waals surface area contributed by atoms with Gasteiger partial charge in [0.1, 0.15) is 12.2 Å². The van der Waals surface area contributed by atoms with Crippen LogP contribution in [0.15, 0.2) is 14.1 Å². The van der Waals surface area contributed by atoms with E-state index in [1.165, 1.54) is 0 Å². The lowest BCUT2D eigenvalue weighted by atomic mass is 10.0. The van der Waals surface area contributed by atoms with E-state index in [1.807, 2.05) is 4.98 Å². The molecule has 96 valence electrons. The molecule has 2 rings (SSSR count). The molecule has 0 bridgehead atoms. The lowest BCUT2D eigenvalue weighted by Crippen LogP contribution is -2.49. The van der Waals surface area contributed by atoms with Gasteiger partial charge >= 0.3 is 11.4 Å². The van der Waals surface area contributed by atoms with Gasteiger partial charge in [-0.15, -0.1) is 4.74 Å². The Balaban J connectivity index is 2.26. The second-order valence-corrected chi connectivity index (χ2v) is 3.74. The van der Waals surface area contributed by atoms with Crippen LogP contribution in [0, 0.1) is 0 Å². The van der Waals surface area contributed by atoms with Gasteiger partial charge in [-0.05, 0) is 0 Å². The zero-order chi connectivity index (χ0) is 12.6. The van der Waals surface area contributed by atoms with Crippen molar-refractivity contribution >= 4 is 0 Å². The third kappa shape index (κ3) is 2.17. The molecule has 17 heavy (non-hydrogen) atoms. The highest BCUT2D eigenvalue weighted by molar-refractivity contribution is 4.83. The number of aliphatic hydroxyl groups excluding tert-OH is 3. The molecule has 1 aromatic rings. The zero-order valence-corrected chi connectivity index (χ0v) is 8.65. The lowest BCUT2D eigenvalue weighted by Gasteiger charge is -2.35. The Bertz CT molecular complexity index is 489. The Hall–Kier alpha value is -1.42. The van der Waals surface area contributed by atoms with Crippen molar-refractivity contribution in [1.29, 1.82) is 0 Å². The number of H-pyrrole nitrogens is 1. The summed E-state index contributed by atoms with van der Waals surface area (Å²) < 4.78 is 10.3. The third-order valence-electron chi connectivity index (χ3n) is 2.58. The molecule has 4 unspecified atom stereocenters. The molecule has 0 saturated carbocycles. The Kier molecular flexibility index (Phi) is 3.15. The monoisotopic (exact) mass is 248 g/mol. The van der Waals surface area contributed by atoms with Crippen molar-refractivity contribution in [2.45, 2.75) is 31.0 Å². The van der Waals surface area contributed by atoms with Crippen molar-refractivity contribution in [3.63, 3.8) is 0 Å². The predicted octanol–water partition coefficient (Wildman–Crippen LogP) is -2.87. The van der Waals surface area contributed by atoms with E-state index >= 15 is 0 Å². The minimum atomic E-state index is -1.25. The Morgan fingerprint density at radius 3 is 2.65 bits per heavy atom. The summed E-state index contributed by atoms with van der Waals surface area (Å²) >= 11 is 0. The topological polar surface area (TPSA) is 138 Å². The number of rotatable bonds is 2. The molecule has 4 N–H and O–H groups in total. The molecule has 0 radical (unpaired) electrons. The molecule has 0 amide bonds. The van der Waals surface area contributed by atoms with Crippen molar-refractivity contribution in [3.8, 4) is 0 Å². The van der Waals surface area contributed by atoms with E-state index in [4.69, 9.17) is 9.84 Å². The summed E-state index contributed by atoms with van der Waals surface area (Å²) in [6, 6.07) is 0. The van der Waals surface area contributed by atoms with Crippen LogP contribution in [-0.4, -0.2) is 50.0 Å². The smallest absolute Gasteiger partial charge is 0.394 e. The molecule has 1 fully saturated rings. The minimum Gasteiger partial charge on any atom is -0.394 e. The first-order valence-electron chi connectivity index (χ1n) is 4.97. The van der Waals surface area contributed by atoms with Crippen LogP contribution in [0.5, 0.6) is 0 Å². The fraction of sp³-hybridized carbons (Fsp3) is 0.750. The van der Waals surface area contributed by atoms with Gasteiger partial charge in [0.05, 0.1) is 12.7 Å². The van der Waals surface area contributed by atoms with Crippen molar-refractivity contribution in [3.05, 3.63) is 21.0 Å². The van der Waals surface area contributed by atoms with Gasteiger partial charge in [0.25, 0.3) is 0 Å². The molecule has 1 saturated heterocycles. The molecule has 9 heteroatoms. The lowest BCUT2D eigenvalue weighted by molar-refractivity contribution is -0.216. The highest BCUT2D eigenvalue weighted by Gasteiger charge is 2.38. The Morgan fingerprint density at radius 1 is 1.41 bits per heavy atom. The Morgan fingerprint density at radius 2 is 2.12 bits per heavy atom. The number of ether oxygens (including phenoxy) is 1. The number of aliphatic hydroxyl groups is 3. The summed E-state index contributed by atoms with van der Waals surface area (Å²) in [6.45, 7) is -0.530. The van der Waals surface area contributed by atoms with Crippen LogP contribution < -0.4 is 11.4 Å². The van der Waals surface area contributed by atoms with Gasteiger partial charge in [-0.1, -0.05) is 0 Å². The van der Waals surface area contributed by atoms with E-state index in [1.54, 1.807) is 0 Å². The number of aromatic nitrogens is 2. The summed E-state index contributed by atoms with van der Waals surface area (Å²) in [5.74, 6) is -0.945. The van der Waals surface area contributed by atoms with Gasteiger partial charge < -0.3 is 24.6 Å². The van der Waals surface area contributed by atoms with Crippen molar-refractivity contribution in [2.24, 2.45) is 0 Å².